The Balaban J connectivity index is 3.28. The van der Waals surface area contributed by atoms with E-state index in [-0.39, 0.29) is 11.2 Å². The molecule has 0 aliphatic carbocycles. The summed E-state index contributed by atoms with van der Waals surface area (Å²) < 4.78 is 0. The van der Waals surface area contributed by atoms with E-state index in [1.807, 2.05) is 13.0 Å². The summed E-state index contributed by atoms with van der Waals surface area (Å²) in [5.74, 6) is 0.134. The van der Waals surface area contributed by atoms with Crippen molar-refractivity contribution in [1.82, 2.24) is 4.98 Å². The Morgan fingerprint density at radius 2 is 1.92 bits per heavy atom. The Bertz CT molecular complexity index is 328. The fraction of sp³-hybridized carbons (Fsp3) is 0.545. The number of hydrogen-bond donors (Lipinski definition) is 1. The molecule has 0 bridgehead atoms. The summed E-state index contributed by atoms with van der Waals surface area (Å²) in [5.41, 5.74) is 2.92. The predicted octanol–water partition coefficient (Wildman–Crippen LogP) is 2.82. The number of aromatic amines is 1. The molecule has 72 valence electrons. The van der Waals surface area contributed by atoms with Crippen LogP contribution in [0.2, 0.25) is 0 Å². The van der Waals surface area contributed by atoms with Crippen LogP contribution in [0.1, 0.15) is 49.4 Å². The lowest BCUT2D eigenvalue weighted by molar-refractivity contribution is 0.101. The van der Waals surface area contributed by atoms with Crippen LogP contribution >= 0.6 is 0 Å². The minimum atomic E-state index is 0.00919. The molecule has 1 aromatic heterocycles. The first-order valence-electron chi connectivity index (χ1n) is 4.53. The predicted molar refractivity (Wildman–Crippen MR) is 54.2 cm³/mol. The number of rotatable bonds is 1. The topological polar surface area (TPSA) is 32.9 Å². The van der Waals surface area contributed by atoms with Gasteiger partial charge in [0.25, 0.3) is 0 Å². The van der Waals surface area contributed by atoms with Crippen molar-refractivity contribution in [2.24, 2.45) is 0 Å². The second-order valence-electron chi connectivity index (χ2n) is 4.55. The van der Waals surface area contributed by atoms with Gasteiger partial charge in [-0.1, -0.05) is 20.8 Å². The second kappa shape index (κ2) is 3.02. The molecule has 0 aliphatic heterocycles. The van der Waals surface area contributed by atoms with Crippen molar-refractivity contribution in [3.63, 3.8) is 0 Å². The standard InChI is InChI=1S/C11H17NO/c1-7-6-9(8(2)13)10(12-7)11(3,4)5/h6,12H,1-5H3. The van der Waals surface area contributed by atoms with Crippen molar-refractivity contribution in [1.29, 1.82) is 0 Å². The number of carbonyl (C=O) groups excluding carboxylic acids is 1. The van der Waals surface area contributed by atoms with Crippen LogP contribution in [0.15, 0.2) is 6.07 Å². The van der Waals surface area contributed by atoms with Gasteiger partial charge in [-0.2, -0.15) is 0 Å². The van der Waals surface area contributed by atoms with Gasteiger partial charge in [0.1, 0.15) is 0 Å². The highest BCUT2D eigenvalue weighted by Crippen LogP contribution is 2.25. The van der Waals surface area contributed by atoms with Gasteiger partial charge in [0, 0.05) is 22.4 Å². The third kappa shape index (κ3) is 2.00. The van der Waals surface area contributed by atoms with Crippen molar-refractivity contribution >= 4 is 5.78 Å². The first kappa shape index (κ1) is 10.0. The van der Waals surface area contributed by atoms with Gasteiger partial charge in [0.05, 0.1) is 0 Å². The molecule has 0 aliphatic rings. The molecule has 1 rings (SSSR count). The smallest absolute Gasteiger partial charge is 0.161 e. The third-order valence-electron chi connectivity index (χ3n) is 2.08. The molecule has 0 aromatic carbocycles. The van der Waals surface area contributed by atoms with E-state index in [0.29, 0.717) is 0 Å². The van der Waals surface area contributed by atoms with Gasteiger partial charge in [-0.25, -0.2) is 0 Å². The zero-order valence-electron chi connectivity index (χ0n) is 8.99. The average Bonchev–Trinajstić information content (AvgIpc) is 2.29. The highest BCUT2D eigenvalue weighted by molar-refractivity contribution is 5.95. The van der Waals surface area contributed by atoms with Gasteiger partial charge in [-0.05, 0) is 19.9 Å². The van der Waals surface area contributed by atoms with E-state index in [4.69, 9.17) is 0 Å². The molecular weight excluding hydrogens is 162 g/mol. The first-order chi connectivity index (χ1) is 5.82. The number of ketones is 1. The largest absolute Gasteiger partial charge is 0.361 e. The first-order valence-corrected chi connectivity index (χ1v) is 4.53. The molecule has 2 nitrogen and oxygen atoms in total. The lowest BCUT2D eigenvalue weighted by atomic mass is 9.89. The molecule has 0 amide bonds. The van der Waals surface area contributed by atoms with Gasteiger partial charge >= 0.3 is 0 Å². The lowest BCUT2D eigenvalue weighted by Crippen LogP contribution is -2.15. The summed E-state index contributed by atoms with van der Waals surface area (Å²) in [6.45, 7) is 9.89. The SMILES string of the molecule is CC(=O)c1cc(C)[nH]c1C(C)(C)C. The molecule has 2 heteroatoms. The minimum absolute atomic E-state index is 0.00919. The zero-order chi connectivity index (χ0) is 10.2. The Labute approximate surface area is 79.4 Å². The van der Waals surface area contributed by atoms with Gasteiger partial charge in [-0.15, -0.1) is 0 Å². The summed E-state index contributed by atoms with van der Waals surface area (Å²) in [6.07, 6.45) is 0. The maximum Gasteiger partial charge on any atom is 0.161 e. The summed E-state index contributed by atoms with van der Waals surface area (Å²) in [5, 5.41) is 0. The van der Waals surface area contributed by atoms with Crippen LogP contribution in [-0.2, 0) is 5.41 Å². The summed E-state index contributed by atoms with van der Waals surface area (Å²) in [7, 11) is 0. The second-order valence-corrected chi connectivity index (χ2v) is 4.55. The summed E-state index contributed by atoms with van der Waals surface area (Å²) in [4.78, 5) is 14.6. The molecule has 1 N–H and O–H groups in total. The van der Waals surface area contributed by atoms with Crippen LogP contribution in [0.25, 0.3) is 0 Å². The van der Waals surface area contributed by atoms with Crippen LogP contribution in [0.4, 0.5) is 0 Å². The highest BCUT2D eigenvalue weighted by atomic mass is 16.1. The van der Waals surface area contributed by atoms with E-state index in [9.17, 15) is 4.79 Å². The Morgan fingerprint density at radius 1 is 1.38 bits per heavy atom. The van der Waals surface area contributed by atoms with Crippen molar-refractivity contribution in [3.8, 4) is 0 Å². The summed E-state index contributed by atoms with van der Waals surface area (Å²) in [6, 6.07) is 1.92. The normalized spacial score (nSPS) is 11.8. The van der Waals surface area contributed by atoms with Gasteiger partial charge in [0.15, 0.2) is 5.78 Å². The van der Waals surface area contributed by atoms with Gasteiger partial charge in [-0.3, -0.25) is 4.79 Å². The van der Waals surface area contributed by atoms with Crippen LogP contribution in [-0.4, -0.2) is 10.8 Å². The fourth-order valence-corrected chi connectivity index (χ4v) is 1.46. The van der Waals surface area contributed by atoms with Crippen LogP contribution in [0.5, 0.6) is 0 Å². The lowest BCUT2D eigenvalue weighted by Gasteiger charge is -2.18. The van der Waals surface area contributed by atoms with E-state index >= 15 is 0 Å². The monoisotopic (exact) mass is 179 g/mol. The molecule has 0 saturated carbocycles. The highest BCUT2D eigenvalue weighted by Gasteiger charge is 2.21. The molecular formula is C11H17NO. The Kier molecular flexibility index (Phi) is 2.33. The van der Waals surface area contributed by atoms with E-state index in [2.05, 4.69) is 25.8 Å². The Hall–Kier alpha value is -1.05. The number of hydrogen-bond acceptors (Lipinski definition) is 1. The number of Topliss-reactive ketones (excluding diaryl/α,β-unsaturated/α-hetero) is 1. The number of H-pyrrole nitrogens is 1. The molecule has 0 saturated heterocycles. The third-order valence-corrected chi connectivity index (χ3v) is 2.08. The van der Waals surface area contributed by atoms with E-state index < -0.39 is 0 Å². The molecule has 1 aromatic rings. The molecule has 13 heavy (non-hydrogen) atoms. The van der Waals surface area contributed by atoms with Crippen molar-refractivity contribution in [2.45, 2.75) is 40.0 Å². The molecule has 0 fully saturated rings. The van der Waals surface area contributed by atoms with E-state index in [1.54, 1.807) is 6.92 Å². The minimum Gasteiger partial charge on any atom is -0.361 e. The van der Waals surface area contributed by atoms with Gasteiger partial charge < -0.3 is 4.98 Å². The van der Waals surface area contributed by atoms with Gasteiger partial charge in [0.2, 0.25) is 0 Å². The molecule has 0 unspecified atom stereocenters. The van der Waals surface area contributed by atoms with Crippen molar-refractivity contribution < 1.29 is 4.79 Å². The van der Waals surface area contributed by atoms with E-state index in [1.165, 1.54) is 0 Å². The van der Waals surface area contributed by atoms with Crippen molar-refractivity contribution in [3.05, 3.63) is 23.0 Å². The molecule has 0 radical (unpaired) electrons. The van der Waals surface area contributed by atoms with E-state index in [0.717, 1.165) is 17.0 Å². The van der Waals surface area contributed by atoms with Crippen LogP contribution in [0, 0.1) is 6.92 Å². The van der Waals surface area contributed by atoms with Crippen LogP contribution < -0.4 is 0 Å². The summed E-state index contributed by atoms with van der Waals surface area (Å²) >= 11 is 0. The molecule has 0 spiro atoms. The van der Waals surface area contributed by atoms with Crippen LogP contribution in [0.3, 0.4) is 0 Å². The number of nitrogens with one attached hydrogen (secondary N) is 1. The maximum absolute atomic E-state index is 11.3. The molecule has 0 atom stereocenters. The quantitative estimate of drug-likeness (QED) is 0.661. The van der Waals surface area contributed by atoms with Crippen molar-refractivity contribution in [2.75, 3.05) is 0 Å². The average molecular weight is 179 g/mol. The number of aromatic nitrogens is 1. The maximum atomic E-state index is 11.3. The zero-order valence-corrected chi connectivity index (χ0v) is 8.99. The Morgan fingerprint density at radius 3 is 2.23 bits per heavy atom. The number of aryl methyl sites for hydroxylation is 1. The molecule has 1 heterocycles. The number of carbonyl (C=O) groups is 1. The fourth-order valence-electron chi connectivity index (χ4n) is 1.46.